The maximum absolute atomic E-state index is 13.0. The summed E-state index contributed by atoms with van der Waals surface area (Å²) < 4.78 is 13.0. The van der Waals surface area contributed by atoms with E-state index in [-0.39, 0.29) is 28.8 Å². The number of nitrogens with zero attached hydrogens (tertiary/aromatic N) is 1. The average Bonchev–Trinajstić information content (AvgIpc) is 2.45. The normalized spacial score (nSPS) is 12.2. The van der Waals surface area contributed by atoms with E-state index in [1.807, 2.05) is 13.8 Å². The molecule has 3 nitrogen and oxygen atoms in total. The molecule has 2 rings (SSSR count). The third-order valence-electron chi connectivity index (χ3n) is 3.17. The molecule has 1 aromatic carbocycles. The van der Waals surface area contributed by atoms with Crippen LogP contribution in [0.25, 0.3) is 0 Å². The Morgan fingerprint density at radius 1 is 1.24 bits per heavy atom. The highest BCUT2D eigenvalue weighted by Crippen LogP contribution is 2.22. The Bertz CT molecular complexity index is 628. The first-order chi connectivity index (χ1) is 9.97. The summed E-state index contributed by atoms with van der Waals surface area (Å²) in [5, 5.41) is 3.22. The van der Waals surface area contributed by atoms with Gasteiger partial charge in [-0.2, -0.15) is 0 Å². The molecule has 0 saturated heterocycles. The standard InChI is InChI=1S/C16H16ClFN2O/c1-10(2)15(11-3-5-13(18)6-4-11)20-16(21)12-7-8-19-14(17)9-12/h3-10,15H,1-2H3,(H,20,21). The maximum atomic E-state index is 13.0. The topological polar surface area (TPSA) is 42.0 Å². The quantitative estimate of drug-likeness (QED) is 0.867. The van der Waals surface area contributed by atoms with Crippen molar-refractivity contribution in [1.29, 1.82) is 0 Å². The molecule has 0 aliphatic carbocycles. The van der Waals surface area contributed by atoms with Gasteiger partial charge in [-0.3, -0.25) is 4.79 Å². The fraction of sp³-hybridized carbons (Fsp3) is 0.250. The molecule has 0 saturated carbocycles. The molecular formula is C16H16ClFN2O. The SMILES string of the molecule is CC(C)C(NC(=O)c1ccnc(Cl)c1)c1ccc(F)cc1. The highest BCUT2D eigenvalue weighted by Gasteiger charge is 2.19. The predicted molar refractivity (Wildman–Crippen MR) is 80.7 cm³/mol. The molecule has 1 unspecified atom stereocenters. The van der Waals surface area contributed by atoms with Gasteiger partial charge >= 0.3 is 0 Å². The third-order valence-corrected chi connectivity index (χ3v) is 3.38. The molecule has 0 aliphatic heterocycles. The Labute approximate surface area is 128 Å². The number of hydrogen-bond donors (Lipinski definition) is 1. The predicted octanol–water partition coefficient (Wildman–Crippen LogP) is 4.00. The lowest BCUT2D eigenvalue weighted by Crippen LogP contribution is -2.31. The highest BCUT2D eigenvalue weighted by molar-refractivity contribution is 6.29. The molecule has 0 radical (unpaired) electrons. The van der Waals surface area contributed by atoms with Crippen molar-refractivity contribution in [1.82, 2.24) is 10.3 Å². The third kappa shape index (κ3) is 4.02. The number of carbonyl (C=O) groups excluding carboxylic acids is 1. The van der Waals surface area contributed by atoms with E-state index in [9.17, 15) is 9.18 Å². The number of carbonyl (C=O) groups is 1. The van der Waals surface area contributed by atoms with Gasteiger partial charge in [0.15, 0.2) is 0 Å². The number of hydrogen-bond acceptors (Lipinski definition) is 2. The van der Waals surface area contributed by atoms with Crippen LogP contribution in [-0.2, 0) is 0 Å². The van der Waals surface area contributed by atoms with Gasteiger partial charge < -0.3 is 5.32 Å². The van der Waals surface area contributed by atoms with Crippen molar-refractivity contribution in [3.8, 4) is 0 Å². The summed E-state index contributed by atoms with van der Waals surface area (Å²) >= 11 is 5.79. The first kappa shape index (κ1) is 15.4. The lowest BCUT2D eigenvalue weighted by molar-refractivity contribution is 0.0925. The van der Waals surface area contributed by atoms with Crippen molar-refractivity contribution in [2.75, 3.05) is 0 Å². The second kappa shape index (κ2) is 6.68. The molecule has 1 amide bonds. The number of amides is 1. The lowest BCUT2D eigenvalue weighted by atomic mass is 9.95. The fourth-order valence-electron chi connectivity index (χ4n) is 2.07. The summed E-state index contributed by atoms with van der Waals surface area (Å²) in [6.45, 7) is 3.99. The number of benzene rings is 1. The van der Waals surface area contributed by atoms with Gasteiger partial charge in [0.05, 0.1) is 6.04 Å². The monoisotopic (exact) mass is 306 g/mol. The van der Waals surface area contributed by atoms with Crippen molar-refractivity contribution in [2.24, 2.45) is 5.92 Å². The Morgan fingerprint density at radius 2 is 1.90 bits per heavy atom. The second-order valence-electron chi connectivity index (χ2n) is 5.11. The van der Waals surface area contributed by atoms with E-state index in [0.717, 1.165) is 5.56 Å². The average molecular weight is 307 g/mol. The minimum absolute atomic E-state index is 0.164. The van der Waals surface area contributed by atoms with Crippen molar-refractivity contribution in [2.45, 2.75) is 19.9 Å². The highest BCUT2D eigenvalue weighted by atomic mass is 35.5. The van der Waals surface area contributed by atoms with Crippen LogP contribution >= 0.6 is 11.6 Å². The van der Waals surface area contributed by atoms with Crippen LogP contribution in [0.5, 0.6) is 0 Å². The van der Waals surface area contributed by atoms with Crippen molar-refractivity contribution < 1.29 is 9.18 Å². The first-order valence-electron chi connectivity index (χ1n) is 6.65. The van der Waals surface area contributed by atoms with Crippen LogP contribution in [0, 0.1) is 11.7 Å². The van der Waals surface area contributed by atoms with Gasteiger partial charge in [-0.15, -0.1) is 0 Å². The molecule has 1 heterocycles. The van der Waals surface area contributed by atoms with Crippen molar-refractivity contribution >= 4 is 17.5 Å². The second-order valence-corrected chi connectivity index (χ2v) is 5.50. The summed E-state index contributed by atoms with van der Waals surface area (Å²) in [7, 11) is 0. The van der Waals surface area contributed by atoms with E-state index in [1.54, 1.807) is 18.2 Å². The van der Waals surface area contributed by atoms with Crippen LogP contribution in [0.15, 0.2) is 42.6 Å². The van der Waals surface area contributed by atoms with Gasteiger partial charge in [-0.25, -0.2) is 9.37 Å². The number of pyridine rings is 1. The zero-order valence-electron chi connectivity index (χ0n) is 11.8. The minimum Gasteiger partial charge on any atom is -0.345 e. The van der Waals surface area contributed by atoms with Crippen LogP contribution in [-0.4, -0.2) is 10.9 Å². The van der Waals surface area contributed by atoms with Crippen molar-refractivity contribution in [3.05, 3.63) is 64.7 Å². The van der Waals surface area contributed by atoms with Gasteiger partial charge in [0.25, 0.3) is 5.91 Å². The van der Waals surface area contributed by atoms with E-state index in [2.05, 4.69) is 10.3 Å². The molecule has 0 fully saturated rings. The molecule has 5 heteroatoms. The summed E-state index contributed by atoms with van der Waals surface area (Å²) in [5.41, 5.74) is 1.31. The number of rotatable bonds is 4. The van der Waals surface area contributed by atoms with E-state index in [0.29, 0.717) is 5.56 Å². The van der Waals surface area contributed by atoms with E-state index >= 15 is 0 Å². The molecular weight excluding hydrogens is 291 g/mol. The summed E-state index contributed by atoms with van der Waals surface area (Å²) in [5.74, 6) is -0.368. The molecule has 1 N–H and O–H groups in total. The number of halogens is 2. The minimum atomic E-state index is -0.298. The van der Waals surface area contributed by atoms with E-state index < -0.39 is 0 Å². The Morgan fingerprint density at radius 3 is 2.48 bits per heavy atom. The number of nitrogens with one attached hydrogen (secondary N) is 1. The Balaban J connectivity index is 2.20. The van der Waals surface area contributed by atoms with Crippen LogP contribution < -0.4 is 5.32 Å². The lowest BCUT2D eigenvalue weighted by Gasteiger charge is -2.23. The molecule has 2 aromatic rings. The van der Waals surface area contributed by atoms with Crippen LogP contribution in [0.3, 0.4) is 0 Å². The van der Waals surface area contributed by atoms with E-state index in [4.69, 9.17) is 11.6 Å². The summed E-state index contributed by atoms with van der Waals surface area (Å²) in [4.78, 5) is 16.1. The summed E-state index contributed by atoms with van der Waals surface area (Å²) in [6, 6.07) is 9.05. The molecule has 0 aliphatic rings. The molecule has 21 heavy (non-hydrogen) atoms. The molecule has 0 bridgehead atoms. The van der Waals surface area contributed by atoms with Crippen LogP contribution in [0.2, 0.25) is 5.15 Å². The fourth-order valence-corrected chi connectivity index (χ4v) is 2.25. The van der Waals surface area contributed by atoms with Gasteiger partial charge in [0.1, 0.15) is 11.0 Å². The van der Waals surface area contributed by atoms with Crippen LogP contribution in [0.4, 0.5) is 4.39 Å². The zero-order chi connectivity index (χ0) is 15.4. The maximum Gasteiger partial charge on any atom is 0.251 e. The van der Waals surface area contributed by atoms with Gasteiger partial charge in [-0.1, -0.05) is 37.6 Å². The van der Waals surface area contributed by atoms with Gasteiger partial charge in [-0.05, 0) is 35.7 Å². The number of aromatic nitrogens is 1. The Kier molecular flexibility index (Phi) is 4.91. The molecule has 1 atom stereocenters. The Hall–Kier alpha value is -1.94. The van der Waals surface area contributed by atoms with Gasteiger partial charge in [0.2, 0.25) is 0 Å². The van der Waals surface area contributed by atoms with Crippen LogP contribution in [0.1, 0.15) is 35.8 Å². The molecule has 1 aromatic heterocycles. The molecule has 110 valence electrons. The summed E-state index contributed by atoms with van der Waals surface area (Å²) in [6.07, 6.45) is 1.49. The molecule has 0 spiro atoms. The smallest absolute Gasteiger partial charge is 0.251 e. The zero-order valence-corrected chi connectivity index (χ0v) is 12.6. The van der Waals surface area contributed by atoms with Gasteiger partial charge in [0, 0.05) is 11.8 Å². The van der Waals surface area contributed by atoms with Crippen molar-refractivity contribution in [3.63, 3.8) is 0 Å². The largest absolute Gasteiger partial charge is 0.345 e. The van der Waals surface area contributed by atoms with E-state index in [1.165, 1.54) is 24.4 Å². The first-order valence-corrected chi connectivity index (χ1v) is 7.03.